The zero-order valence-corrected chi connectivity index (χ0v) is 18.5. The minimum absolute atomic E-state index is 0.0864. The molecule has 0 aromatic heterocycles. The van der Waals surface area contributed by atoms with Crippen LogP contribution in [0, 0.1) is 0 Å². The highest BCUT2D eigenvalue weighted by Crippen LogP contribution is 2.17. The Labute approximate surface area is 169 Å². The van der Waals surface area contributed by atoms with E-state index in [2.05, 4.69) is 13.8 Å². The van der Waals surface area contributed by atoms with Crippen LogP contribution in [0.2, 0.25) is 0 Å². The van der Waals surface area contributed by atoms with E-state index in [4.69, 9.17) is 9.84 Å². The van der Waals surface area contributed by atoms with Gasteiger partial charge < -0.3 is 9.84 Å². The molecule has 0 fully saturated rings. The molecule has 0 aliphatic rings. The lowest BCUT2D eigenvalue weighted by molar-refractivity contribution is 0.0422. The largest absolute Gasteiger partial charge is 0.506 e. The Kier molecular flexibility index (Phi) is 21.0. The molecule has 3 heteroatoms. The molecular formula is C24H48O3. The molecule has 0 saturated carbocycles. The van der Waals surface area contributed by atoms with E-state index in [1.54, 1.807) is 0 Å². The Bertz CT molecular complexity index is 304. The van der Waals surface area contributed by atoms with E-state index in [-0.39, 0.29) is 6.10 Å². The monoisotopic (exact) mass is 384 g/mol. The van der Waals surface area contributed by atoms with Crippen molar-refractivity contribution in [3.63, 3.8) is 0 Å². The van der Waals surface area contributed by atoms with Crippen molar-refractivity contribution in [2.75, 3.05) is 0 Å². The molecule has 0 spiro atoms. The summed E-state index contributed by atoms with van der Waals surface area (Å²) in [6, 6.07) is 0. The first-order valence-corrected chi connectivity index (χ1v) is 12.1. The third kappa shape index (κ3) is 21.4. The normalized spacial score (nSPS) is 12.2. The maximum absolute atomic E-state index is 10.9. The van der Waals surface area contributed by atoms with Crippen molar-refractivity contribution < 1.29 is 14.6 Å². The van der Waals surface area contributed by atoms with Crippen LogP contribution in [0.3, 0.4) is 0 Å². The van der Waals surface area contributed by atoms with Crippen LogP contribution >= 0.6 is 0 Å². The van der Waals surface area contributed by atoms with Gasteiger partial charge in [-0.2, -0.15) is 0 Å². The molecule has 0 aliphatic carbocycles. The van der Waals surface area contributed by atoms with Gasteiger partial charge in [-0.25, -0.2) is 4.79 Å². The highest BCUT2D eigenvalue weighted by atomic mass is 16.7. The number of hydrogen-bond acceptors (Lipinski definition) is 2. The van der Waals surface area contributed by atoms with Crippen LogP contribution in [0.15, 0.2) is 0 Å². The zero-order valence-electron chi connectivity index (χ0n) is 18.5. The van der Waals surface area contributed by atoms with Gasteiger partial charge in [-0.1, -0.05) is 117 Å². The minimum Gasteiger partial charge on any atom is -0.450 e. The molecule has 0 heterocycles. The molecule has 0 aromatic rings. The van der Waals surface area contributed by atoms with Gasteiger partial charge in [0.05, 0.1) is 0 Å². The summed E-state index contributed by atoms with van der Waals surface area (Å²) < 4.78 is 5.11. The van der Waals surface area contributed by atoms with Crippen LogP contribution in [-0.2, 0) is 4.74 Å². The number of carboxylic acid groups (broad SMARTS) is 1. The molecule has 1 N–H and O–H groups in total. The number of hydrogen-bond donors (Lipinski definition) is 1. The van der Waals surface area contributed by atoms with Crippen molar-refractivity contribution in [1.29, 1.82) is 0 Å². The van der Waals surface area contributed by atoms with Crippen molar-refractivity contribution in [1.82, 2.24) is 0 Å². The fraction of sp³-hybridized carbons (Fsp3) is 0.958. The van der Waals surface area contributed by atoms with Crippen LogP contribution in [0.1, 0.15) is 142 Å². The molecule has 27 heavy (non-hydrogen) atoms. The minimum atomic E-state index is -1.10. The SMILES string of the molecule is CCCCCCCCCCCCC(CCCCCCCCCC)OC(=O)O. The quantitative estimate of drug-likeness (QED) is 0.159. The smallest absolute Gasteiger partial charge is 0.450 e. The fourth-order valence-electron chi connectivity index (χ4n) is 3.77. The van der Waals surface area contributed by atoms with Gasteiger partial charge in [0.15, 0.2) is 0 Å². The maximum atomic E-state index is 10.9. The number of carbonyl (C=O) groups is 1. The first-order valence-electron chi connectivity index (χ1n) is 12.1. The van der Waals surface area contributed by atoms with Crippen LogP contribution in [0.4, 0.5) is 4.79 Å². The predicted molar refractivity (Wildman–Crippen MR) is 117 cm³/mol. The second-order valence-corrected chi connectivity index (χ2v) is 8.24. The molecule has 0 amide bonds. The maximum Gasteiger partial charge on any atom is 0.506 e. The molecule has 162 valence electrons. The lowest BCUT2D eigenvalue weighted by Gasteiger charge is -2.16. The third-order valence-electron chi connectivity index (χ3n) is 5.53. The van der Waals surface area contributed by atoms with Gasteiger partial charge in [0.1, 0.15) is 6.10 Å². The third-order valence-corrected chi connectivity index (χ3v) is 5.53. The predicted octanol–water partition coefficient (Wildman–Crippen LogP) is 8.89. The van der Waals surface area contributed by atoms with E-state index in [1.165, 1.54) is 103 Å². The van der Waals surface area contributed by atoms with E-state index in [1.807, 2.05) is 0 Å². The molecule has 0 aliphatic heterocycles. The molecule has 1 unspecified atom stereocenters. The Hall–Kier alpha value is -0.730. The van der Waals surface area contributed by atoms with Gasteiger partial charge in [0, 0.05) is 0 Å². The highest BCUT2D eigenvalue weighted by Gasteiger charge is 2.13. The second kappa shape index (κ2) is 21.6. The average Bonchev–Trinajstić information content (AvgIpc) is 2.64. The summed E-state index contributed by atoms with van der Waals surface area (Å²) >= 11 is 0. The molecule has 0 aromatic carbocycles. The summed E-state index contributed by atoms with van der Waals surface area (Å²) in [5, 5.41) is 8.95. The Balaban J connectivity index is 3.57. The van der Waals surface area contributed by atoms with E-state index in [9.17, 15) is 4.79 Å². The summed E-state index contributed by atoms with van der Waals surface area (Å²) in [5.41, 5.74) is 0. The summed E-state index contributed by atoms with van der Waals surface area (Å²) in [4.78, 5) is 10.9. The van der Waals surface area contributed by atoms with E-state index in [0.29, 0.717) is 0 Å². The molecule has 0 radical (unpaired) electrons. The molecule has 3 nitrogen and oxygen atoms in total. The van der Waals surface area contributed by atoms with Crippen molar-refractivity contribution in [3.05, 3.63) is 0 Å². The Morgan fingerprint density at radius 2 is 0.889 bits per heavy atom. The summed E-state index contributed by atoms with van der Waals surface area (Å²) in [5.74, 6) is 0. The second-order valence-electron chi connectivity index (χ2n) is 8.24. The molecular weight excluding hydrogens is 336 g/mol. The van der Waals surface area contributed by atoms with Crippen molar-refractivity contribution in [2.24, 2.45) is 0 Å². The van der Waals surface area contributed by atoms with Gasteiger partial charge in [-0.3, -0.25) is 0 Å². The number of unbranched alkanes of at least 4 members (excludes halogenated alkanes) is 16. The first kappa shape index (κ1) is 26.3. The van der Waals surface area contributed by atoms with Gasteiger partial charge in [0.2, 0.25) is 0 Å². The van der Waals surface area contributed by atoms with Crippen molar-refractivity contribution >= 4 is 6.16 Å². The van der Waals surface area contributed by atoms with Gasteiger partial charge in [0.25, 0.3) is 0 Å². The lowest BCUT2D eigenvalue weighted by atomic mass is 10.0. The van der Waals surface area contributed by atoms with E-state index in [0.717, 1.165) is 25.7 Å². The summed E-state index contributed by atoms with van der Waals surface area (Å²) in [6.45, 7) is 4.51. The topological polar surface area (TPSA) is 46.5 Å². The number of rotatable bonds is 21. The van der Waals surface area contributed by atoms with Gasteiger partial charge in [-0.05, 0) is 25.7 Å². The summed E-state index contributed by atoms with van der Waals surface area (Å²) in [7, 11) is 0. The Morgan fingerprint density at radius 1 is 0.593 bits per heavy atom. The lowest BCUT2D eigenvalue weighted by Crippen LogP contribution is -2.16. The molecule has 0 rings (SSSR count). The van der Waals surface area contributed by atoms with Crippen LogP contribution in [0.25, 0.3) is 0 Å². The zero-order chi connectivity index (χ0) is 20.0. The Morgan fingerprint density at radius 3 is 1.19 bits per heavy atom. The molecule has 1 atom stereocenters. The summed E-state index contributed by atoms with van der Waals surface area (Å²) in [6.07, 6.45) is 24.0. The average molecular weight is 385 g/mol. The van der Waals surface area contributed by atoms with E-state index >= 15 is 0 Å². The van der Waals surface area contributed by atoms with Crippen molar-refractivity contribution in [2.45, 2.75) is 148 Å². The van der Waals surface area contributed by atoms with Crippen LogP contribution in [-0.4, -0.2) is 17.4 Å². The highest BCUT2D eigenvalue weighted by molar-refractivity contribution is 5.57. The standard InChI is InChI=1S/C24H48O3/c1-3-5-7-9-11-13-14-16-18-20-22-23(27-24(25)26)21-19-17-15-12-10-8-6-4-2/h23H,3-22H2,1-2H3,(H,25,26). The van der Waals surface area contributed by atoms with Gasteiger partial charge >= 0.3 is 6.16 Å². The fourth-order valence-corrected chi connectivity index (χ4v) is 3.77. The van der Waals surface area contributed by atoms with E-state index < -0.39 is 6.16 Å². The molecule has 0 saturated heterocycles. The van der Waals surface area contributed by atoms with Crippen LogP contribution in [0.5, 0.6) is 0 Å². The van der Waals surface area contributed by atoms with Crippen molar-refractivity contribution in [3.8, 4) is 0 Å². The van der Waals surface area contributed by atoms with Crippen LogP contribution < -0.4 is 0 Å². The number of ether oxygens (including phenoxy) is 1. The van der Waals surface area contributed by atoms with Gasteiger partial charge in [-0.15, -0.1) is 0 Å². The first-order chi connectivity index (χ1) is 13.2. The molecule has 0 bridgehead atoms.